The zero-order valence-electron chi connectivity index (χ0n) is 4.26. The number of nitrogens with zero attached hydrogens (tertiary/aromatic N) is 1. The van der Waals surface area contributed by atoms with Gasteiger partial charge in [-0.1, -0.05) is 0 Å². The van der Waals surface area contributed by atoms with Gasteiger partial charge in [-0.05, 0) is 0 Å². The summed E-state index contributed by atoms with van der Waals surface area (Å²) in [4.78, 5) is 13.1. The van der Waals surface area contributed by atoms with Crippen molar-refractivity contribution in [1.29, 1.82) is 0 Å². The number of nitrogens with one attached hydrogen (secondary N) is 1. The molecule has 0 spiro atoms. The topological polar surface area (TPSA) is 41.5 Å². The van der Waals surface area contributed by atoms with Crippen LogP contribution in [0.15, 0.2) is 4.99 Å². The molecule has 1 heterocycles. The fourth-order valence-corrected chi connectivity index (χ4v) is 1.35. The number of rotatable bonds is 1. The zero-order valence-corrected chi connectivity index (χ0v) is 5.07. The summed E-state index contributed by atoms with van der Waals surface area (Å²) in [5, 5.41) is 2.99. The quantitative estimate of drug-likeness (QED) is 0.399. The molecule has 1 unspecified atom stereocenters. The van der Waals surface area contributed by atoms with E-state index >= 15 is 0 Å². The van der Waals surface area contributed by atoms with Crippen LogP contribution in [0.5, 0.6) is 0 Å². The van der Waals surface area contributed by atoms with Gasteiger partial charge < -0.3 is 0 Å². The Bertz CT molecular complexity index is 115. The Balaban J connectivity index is 2.35. The number of isocyanates is 1. The van der Waals surface area contributed by atoms with Crippen LogP contribution in [0.2, 0.25) is 0 Å². The number of thioether (sulfide) groups is 1. The molecule has 1 aliphatic rings. The first-order valence-corrected chi connectivity index (χ1v) is 3.40. The van der Waals surface area contributed by atoms with Crippen LogP contribution in [0.3, 0.4) is 0 Å². The molecule has 1 atom stereocenters. The van der Waals surface area contributed by atoms with Crippen LogP contribution >= 0.6 is 11.8 Å². The highest BCUT2D eigenvalue weighted by molar-refractivity contribution is 8.00. The molecule has 0 aromatic carbocycles. The first-order chi connectivity index (χ1) is 3.93. The molecular formula is C4H6N2OS. The monoisotopic (exact) mass is 130 g/mol. The molecule has 44 valence electrons. The summed E-state index contributed by atoms with van der Waals surface area (Å²) in [6, 6.07) is 0. The maximum atomic E-state index is 9.62. The van der Waals surface area contributed by atoms with Crippen LogP contribution in [0.25, 0.3) is 0 Å². The predicted molar refractivity (Wildman–Crippen MR) is 32.4 cm³/mol. The summed E-state index contributed by atoms with van der Waals surface area (Å²) in [6.45, 7) is 0.945. The third kappa shape index (κ3) is 1.33. The van der Waals surface area contributed by atoms with Gasteiger partial charge in [-0.3, -0.25) is 5.32 Å². The third-order valence-electron chi connectivity index (χ3n) is 0.867. The van der Waals surface area contributed by atoms with Crippen LogP contribution < -0.4 is 5.32 Å². The molecule has 0 aliphatic carbocycles. The Morgan fingerprint density at radius 3 is 3.25 bits per heavy atom. The van der Waals surface area contributed by atoms with Crippen molar-refractivity contribution in [2.45, 2.75) is 5.50 Å². The van der Waals surface area contributed by atoms with Crippen molar-refractivity contribution in [3.63, 3.8) is 0 Å². The second kappa shape index (κ2) is 2.87. The van der Waals surface area contributed by atoms with Gasteiger partial charge in [0.15, 0.2) is 5.50 Å². The second-order valence-electron chi connectivity index (χ2n) is 1.40. The van der Waals surface area contributed by atoms with Gasteiger partial charge in [-0.15, -0.1) is 11.8 Å². The Hall–Kier alpha value is -0.310. The molecule has 1 rings (SSSR count). The van der Waals surface area contributed by atoms with Gasteiger partial charge in [0.05, 0.1) is 0 Å². The van der Waals surface area contributed by atoms with E-state index in [1.165, 1.54) is 6.08 Å². The SMILES string of the molecule is O=C=NC1NCCS1. The number of aliphatic imine (C=N–C) groups is 1. The predicted octanol–water partition coefficient (Wildman–Crippen LogP) is -0.0578. The number of hydrogen-bond acceptors (Lipinski definition) is 4. The van der Waals surface area contributed by atoms with Gasteiger partial charge in [-0.2, -0.15) is 4.99 Å². The molecule has 8 heavy (non-hydrogen) atoms. The molecule has 1 saturated heterocycles. The fraction of sp³-hybridized carbons (Fsp3) is 0.750. The van der Waals surface area contributed by atoms with Gasteiger partial charge in [0.1, 0.15) is 0 Å². The van der Waals surface area contributed by atoms with Crippen LogP contribution in [0.4, 0.5) is 0 Å². The highest BCUT2D eigenvalue weighted by Gasteiger charge is 2.11. The van der Waals surface area contributed by atoms with Gasteiger partial charge in [0.2, 0.25) is 6.08 Å². The summed E-state index contributed by atoms with van der Waals surface area (Å²) >= 11 is 1.63. The van der Waals surface area contributed by atoms with Crippen molar-refractivity contribution in [3.05, 3.63) is 0 Å². The molecule has 0 aromatic heterocycles. The van der Waals surface area contributed by atoms with Crippen molar-refractivity contribution in [2.24, 2.45) is 4.99 Å². The molecule has 3 nitrogen and oxygen atoms in total. The van der Waals surface area contributed by atoms with E-state index in [4.69, 9.17) is 0 Å². The average molecular weight is 130 g/mol. The molecule has 0 saturated carbocycles. The largest absolute Gasteiger partial charge is 0.286 e. The maximum Gasteiger partial charge on any atom is 0.237 e. The first-order valence-electron chi connectivity index (χ1n) is 2.35. The second-order valence-corrected chi connectivity index (χ2v) is 2.59. The van der Waals surface area contributed by atoms with Crippen molar-refractivity contribution in [1.82, 2.24) is 5.32 Å². The molecule has 1 aliphatic heterocycles. The lowest BCUT2D eigenvalue weighted by atomic mass is 10.8. The summed E-state index contributed by atoms with van der Waals surface area (Å²) in [5.74, 6) is 1.04. The van der Waals surface area contributed by atoms with E-state index < -0.39 is 0 Å². The third-order valence-corrected chi connectivity index (χ3v) is 1.89. The molecule has 0 bridgehead atoms. The van der Waals surface area contributed by atoms with E-state index in [-0.39, 0.29) is 5.50 Å². The normalized spacial score (nSPS) is 27.2. The Labute approximate surface area is 51.6 Å². The first kappa shape index (κ1) is 5.82. The Morgan fingerprint density at radius 1 is 1.88 bits per heavy atom. The van der Waals surface area contributed by atoms with Gasteiger partial charge in [0.25, 0.3) is 0 Å². The molecular weight excluding hydrogens is 124 g/mol. The van der Waals surface area contributed by atoms with Crippen molar-refractivity contribution in [2.75, 3.05) is 12.3 Å². The smallest absolute Gasteiger partial charge is 0.237 e. The standard InChI is InChI=1S/C4H6N2OS/c7-3-6-4-5-1-2-8-4/h4-5H,1-2H2. The van der Waals surface area contributed by atoms with Crippen LogP contribution in [0, 0.1) is 0 Å². The Morgan fingerprint density at radius 2 is 2.75 bits per heavy atom. The van der Waals surface area contributed by atoms with E-state index in [0.29, 0.717) is 0 Å². The highest BCUT2D eigenvalue weighted by atomic mass is 32.2. The van der Waals surface area contributed by atoms with Crippen LogP contribution in [-0.4, -0.2) is 23.9 Å². The minimum absolute atomic E-state index is 0.0208. The lowest BCUT2D eigenvalue weighted by Crippen LogP contribution is -2.16. The summed E-state index contributed by atoms with van der Waals surface area (Å²) in [5.41, 5.74) is -0.0208. The van der Waals surface area contributed by atoms with E-state index in [2.05, 4.69) is 10.3 Å². The molecule has 1 fully saturated rings. The van der Waals surface area contributed by atoms with E-state index in [0.717, 1.165) is 12.3 Å². The lowest BCUT2D eigenvalue weighted by molar-refractivity contribution is 0.560. The summed E-state index contributed by atoms with van der Waals surface area (Å²) in [6.07, 6.45) is 1.50. The van der Waals surface area contributed by atoms with Crippen molar-refractivity contribution in [3.8, 4) is 0 Å². The van der Waals surface area contributed by atoms with Gasteiger partial charge >= 0.3 is 0 Å². The minimum Gasteiger partial charge on any atom is -0.286 e. The fourth-order valence-electron chi connectivity index (χ4n) is 0.543. The van der Waals surface area contributed by atoms with E-state index in [1.807, 2.05) is 0 Å². The van der Waals surface area contributed by atoms with E-state index in [1.54, 1.807) is 11.8 Å². The van der Waals surface area contributed by atoms with E-state index in [9.17, 15) is 4.79 Å². The Kier molecular flexibility index (Phi) is 2.09. The molecule has 1 N–H and O–H groups in total. The average Bonchev–Trinajstić information content (AvgIpc) is 2.19. The highest BCUT2D eigenvalue weighted by Crippen LogP contribution is 2.12. The van der Waals surface area contributed by atoms with Crippen molar-refractivity contribution < 1.29 is 4.79 Å². The van der Waals surface area contributed by atoms with Crippen LogP contribution in [-0.2, 0) is 4.79 Å². The maximum absolute atomic E-state index is 9.62. The number of carbonyl (C=O) groups excluding carboxylic acids is 1. The zero-order chi connectivity index (χ0) is 5.82. The minimum atomic E-state index is -0.0208. The molecule has 0 aromatic rings. The lowest BCUT2D eigenvalue weighted by Gasteiger charge is -1.94. The summed E-state index contributed by atoms with van der Waals surface area (Å²) < 4.78 is 0. The molecule has 0 amide bonds. The van der Waals surface area contributed by atoms with Gasteiger partial charge in [0, 0.05) is 12.3 Å². The molecule has 4 heteroatoms. The summed E-state index contributed by atoms with van der Waals surface area (Å²) in [7, 11) is 0. The van der Waals surface area contributed by atoms with Gasteiger partial charge in [-0.25, -0.2) is 4.79 Å². The van der Waals surface area contributed by atoms with Crippen LogP contribution in [0.1, 0.15) is 0 Å². The number of hydrogen-bond donors (Lipinski definition) is 1. The molecule has 0 radical (unpaired) electrons. The van der Waals surface area contributed by atoms with Crippen molar-refractivity contribution >= 4 is 17.8 Å².